The lowest BCUT2D eigenvalue weighted by molar-refractivity contribution is -0.125. The van der Waals surface area contributed by atoms with Crippen LogP contribution in [0.15, 0.2) is 42.7 Å². The Labute approximate surface area is 115 Å². The summed E-state index contributed by atoms with van der Waals surface area (Å²) >= 11 is 0. The van der Waals surface area contributed by atoms with Gasteiger partial charge in [-0.3, -0.25) is 9.59 Å². The minimum absolute atomic E-state index is 0.213. The molecular formula is C13H14N4O3. The van der Waals surface area contributed by atoms with Crippen molar-refractivity contribution in [2.45, 2.75) is 6.10 Å². The Morgan fingerprint density at radius 1 is 1.35 bits per heavy atom. The Morgan fingerprint density at radius 2 is 2.05 bits per heavy atom. The van der Waals surface area contributed by atoms with Gasteiger partial charge in [0, 0.05) is 18.0 Å². The van der Waals surface area contributed by atoms with E-state index in [0.29, 0.717) is 5.56 Å². The molecule has 104 valence electrons. The smallest absolute Gasteiger partial charge is 0.251 e. The number of carbonyl (C=O) groups excluding carboxylic acids is 2. The average Bonchev–Trinajstić information content (AvgIpc) is 2.98. The van der Waals surface area contributed by atoms with Crippen molar-refractivity contribution >= 4 is 11.8 Å². The summed E-state index contributed by atoms with van der Waals surface area (Å²) in [6.07, 6.45) is 2.06. The van der Waals surface area contributed by atoms with Gasteiger partial charge < -0.3 is 16.2 Å². The van der Waals surface area contributed by atoms with E-state index < -0.39 is 17.9 Å². The topological polar surface area (TPSA) is 110 Å². The molecule has 0 saturated heterocycles. The Hall–Kier alpha value is -2.67. The summed E-state index contributed by atoms with van der Waals surface area (Å²) in [6.45, 7) is -0.213. The number of aromatic nitrogens is 2. The number of carbonyl (C=O) groups is 2. The first kappa shape index (κ1) is 13.8. The number of amides is 2. The standard InChI is InChI=1S/C13H14N4O3/c14-12(19)11(18)8-15-13(20)9-2-4-10(5-3-9)17-7-1-6-16-17/h1-7,11,18H,8H2,(H2,14,19)(H,15,20). The van der Waals surface area contributed by atoms with E-state index in [-0.39, 0.29) is 6.54 Å². The molecule has 2 rings (SSSR count). The molecule has 1 unspecified atom stereocenters. The summed E-state index contributed by atoms with van der Waals surface area (Å²) in [5.74, 6) is -1.27. The zero-order chi connectivity index (χ0) is 14.5. The van der Waals surface area contributed by atoms with Crippen molar-refractivity contribution in [1.82, 2.24) is 15.1 Å². The molecule has 2 amide bonds. The highest BCUT2D eigenvalue weighted by molar-refractivity contribution is 5.94. The molecule has 0 aliphatic carbocycles. The molecule has 7 nitrogen and oxygen atoms in total. The maximum atomic E-state index is 11.8. The van der Waals surface area contributed by atoms with Crippen LogP contribution in [0, 0.1) is 0 Å². The highest BCUT2D eigenvalue weighted by Crippen LogP contribution is 2.08. The van der Waals surface area contributed by atoms with Crippen molar-refractivity contribution in [2.24, 2.45) is 5.73 Å². The number of nitrogens with one attached hydrogen (secondary N) is 1. The van der Waals surface area contributed by atoms with Crippen LogP contribution in [0.2, 0.25) is 0 Å². The lowest BCUT2D eigenvalue weighted by Gasteiger charge is -2.09. The minimum atomic E-state index is -1.39. The summed E-state index contributed by atoms with van der Waals surface area (Å²) in [4.78, 5) is 22.4. The Bertz CT molecular complexity index is 593. The fourth-order valence-electron chi connectivity index (χ4n) is 1.58. The fourth-order valence-corrected chi connectivity index (χ4v) is 1.58. The van der Waals surface area contributed by atoms with Gasteiger partial charge >= 0.3 is 0 Å². The third-order valence-electron chi connectivity index (χ3n) is 2.68. The predicted octanol–water partition coefficient (Wildman–Crippen LogP) is -0.552. The average molecular weight is 274 g/mol. The van der Waals surface area contributed by atoms with Crippen LogP contribution in [-0.4, -0.2) is 39.4 Å². The van der Waals surface area contributed by atoms with Crippen molar-refractivity contribution in [3.8, 4) is 5.69 Å². The van der Waals surface area contributed by atoms with Gasteiger partial charge in [-0.1, -0.05) is 0 Å². The number of hydrogen-bond acceptors (Lipinski definition) is 4. The summed E-state index contributed by atoms with van der Waals surface area (Å²) in [5.41, 5.74) is 6.12. The van der Waals surface area contributed by atoms with Crippen LogP contribution in [0.5, 0.6) is 0 Å². The number of benzene rings is 1. The quantitative estimate of drug-likeness (QED) is 0.679. The molecular weight excluding hydrogens is 260 g/mol. The number of aliphatic hydroxyl groups excluding tert-OH is 1. The largest absolute Gasteiger partial charge is 0.381 e. The molecule has 0 aliphatic rings. The van der Waals surface area contributed by atoms with Crippen molar-refractivity contribution in [2.75, 3.05) is 6.54 Å². The van der Waals surface area contributed by atoms with E-state index in [1.807, 2.05) is 0 Å². The van der Waals surface area contributed by atoms with Gasteiger partial charge in [0.2, 0.25) is 5.91 Å². The number of nitrogens with two attached hydrogens (primary N) is 1. The minimum Gasteiger partial charge on any atom is -0.381 e. The van der Waals surface area contributed by atoms with E-state index >= 15 is 0 Å². The van der Waals surface area contributed by atoms with Crippen LogP contribution >= 0.6 is 0 Å². The van der Waals surface area contributed by atoms with Crippen LogP contribution in [0.25, 0.3) is 5.69 Å². The fraction of sp³-hybridized carbons (Fsp3) is 0.154. The SMILES string of the molecule is NC(=O)C(O)CNC(=O)c1ccc(-n2cccn2)cc1. The van der Waals surface area contributed by atoms with E-state index in [2.05, 4.69) is 10.4 Å². The van der Waals surface area contributed by atoms with E-state index in [4.69, 9.17) is 5.73 Å². The molecule has 4 N–H and O–H groups in total. The van der Waals surface area contributed by atoms with Crippen molar-refractivity contribution in [3.63, 3.8) is 0 Å². The molecule has 20 heavy (non-hydrogen) atoms. The molecule has 2 aromatic rings. The lowest BCUT2D eigenvalue weighted by Crippen LogP contribution is -2.39. The molecule has 1 aromatic heterocycles. The molecule has 1 aromatic carbocycles. The first-order valence-corrected chi connectivity index (χ1v) is 5.93. The zero-order valence-electron chi connectivity index (χ0n) is 10.6. The monoisotopic (exact) mass is 274 g/mol. The maximum absolute atomic E-state index is 11.8. The van der Waals surface area contributed by atoms with Gasteiger partial charge in [0.25, 0.3) is 5.91 Å². The Morgan fingerprint density at radius 3 is 2.60 bits per heavy atom. The number of primary amides is 1. The molecule has 1 heterocycles. The van der Waals surface area contributed by atoms with Crippen LogP contribution in [0.1, 0.15) is 10.4 Å². The molecule has 0 saturated carbocycles. The molecule has 0 bridgehead atoms. The molecule has 0 radical (unpaired) electrons. The van der Waals surface area contributed by atoms with Gasteiger partial charge in [-0.25, -0.2) is 4.68 Å². The molecule has 0 aliphatic heterocycles. The summed E-state index contributed by atoms with van der Waals surface area (Å²) in [7, 11) is 0. The second-order valence-corrected chi connectivity index (χ2v) is 4.13. The number of hydrogen-bond donors (Lipinski definition) is 3. The number of aliphatic hydroxyl groups is 1. The highest BCUT2D eigenvalue weighted by Gasteiger charge is 2.13. The van der Waals surface area contributed by atoms with Crippen molar-refractivity contribution in [3.05, 3.63) is 48.3 Å². The van der Waals surface area contributed by atoms with Gasteiger partial charge in [0.15, 0.2) is 0 Å². The lowest BCUT2D eigenvalue weighted by atomic mass is 10.2. The normalized spacial score (nSPS) is 11.8. The van der Waals surface area contributed by atoms with Gasteiger partial charge in [-0.2, -0.15) is 5.10 Å². The van der Waals surface area contributed by atoms with E-state index in [0.717, 1.165) is 5.69 Å². The van der Waals surface area contributed by atoms with Gasteiger partial charge in [-0.05, 0) is 30.3 Å². The van der Waals surface area contributed by atoms with Gasteiger partial charge in [0.1, 0.15) is 6.10 Å². The second kappa shape index (κ2) is 5.98. The summed E-state index contributed by atoms with van der Waals surface area (Å²) < 4.78 is 1.67. The van der Waals surface area contributed by atoms with Crippen LogP contribution in [0.4, 0.5) is 0 Å². The first-order valence-electron chi connectivity index (χ1n) is 5.93. The predicted molar refractivity (Wildman–Crippen MR) is 71.1 cm³/mol. The summed E-state index contributed by atoms with van der Waals surface area (Å²) in [5, 5.41) is 15.7. The second-order valence-electron chi connectivity index (χ2n) is 4.13. The molecule has 0 spiro atoms. The Balaban J connectivity index is 1.99. The van der Waals surface area contributed by atoms with Crippen LogP contribution < -0.4 is 11.1 Å². The number of nitrogens with zero attached hydrogens (tertiary/aromatic N) is 2. The first-order chi connectivity index (χ1) is 9.58. The third kappa shape index (κ3) is 3.21. The highest BCUT2D eigenvalue weighted by atomic mass is 16.3. The van der Waals surface area contributed by atoms with Crippen LogP contribution in [0.3, 0.4) is 0 Å². The van der Waals surface area contributed by atoms with E-state index in [1.165, 1.54) is 0 Å². The molecule has 1 atom stereocenters. The van der Waals surface area contributed by atoms with Gasteiger partial charge in [-0.15, -0.1) is 0 Å². The Kier molecular flexibility index (Phi) is 4.11. The molecule has 7 heteroatoms. The zero-order valence-corrected chi connectivity index (χ0v) is 10.6. The maximum Gasteiger partial charge on any atom is 0.251 e. The van der Waals surface area contributed by atoms with Crippen LogP contribution in [-0.2, 0) is 4.79 Å². The third-order valence-corrected chi connectivity index (χ3v) is 2.68. The van der Waals surface area contributed by atoms with Crippen molar-refractivity contribution < 1.29 is 14.7 Å². The van der Waals surface area contributed by atoms with E-state index in [1.54, 1.807) is 47.4 Å². The molecule has 0 fully saturated rings. The summed E-state index contributed by atoms with van der Waals surface area (Å²) in [6, 6.07) is 8.54. The van der Waals surface area contributed by atoms with E-state index in [9.17, 15) is 14.7 Å². The number of rotatable bonds is 5. The van der Waals surface area contributed by atoms with Gasteiger partial charge in [0.05, 0.1) is 12.2 Å². The van der Waals surface area contributed by atoms with Crippen molar-refractivity contribution in [1.29, 1.82) is 0 Å².